The first-order valence-electron chi connectivity index (χ1n) is 7.11. The summed E-state index contributed by atoms with van der Waals surface area (Å²) < 4.78 is 4.91. The summed E-state index contributed by atoms with van der Waals surface area (Å²) in [5, 5.41) is 1.10. The van der Waals surface area contributed by atoms with Crippen LogP contribution in [0.15, 0.2) is 40.5 Å². The van der Waals surface area contributed by atoms with E-state index in [1.807, 2.05) is 18.2 Å². The van der Waals surface area contributed by atoms with Crippen LogP contribution in [-0.4, -0.2) is 34.8 Å². The minimum Gasteiger partial charge on any atom is -0.466 e. The number of aliphatic imine (C=N–C) groups is 1. The highest BCUT2D eigenvalue weighted by Crippen LogP contribution is 2.42. The summed E-state index contributed by atoms with van der Waals surface area (Å²) in [5.41, 5.74) is 1.59. The predicted molar refractivity (Wildman–Crippen MR) is 90.3 cm³/mol. The number of fused-ring (bicyclic) bond motifs is 1. The molecule has 0 aliphatic carbocycles. The van der Waals surface area contributed by atoms with Crippen molar-refractivity contribution in [3.05, 3.63) is 46.1 Å². The maximum absolute atomic E-state index is 12.5. The van der Waals surface area contributed by atoms with Crippen LogP contribution in [0.5, 0.6) is 0 Å². The van der Waals surface area contributed by atoms with Crippen LogP contribution in [0.3, 0.4) is 0 Å². The van der Waals surface area contributed by atoms with Gasteiger partial charge in [0.1, 0.15) is 0 Å². The third-order valence-corrected chi connectivity index (χ3v) is 5.11. The van der Waals surface area contributed by atoms with Crippen molar-refractivity contribution in [1.82, 2.24) is 4.90 Å². The number of methoxy groups -OCH3 is 1. The van der Waals surface area contributed by atoms with Gasteiger partial charge in [0.05, 0.1) is 24.4 Å². The molecule has 7 heteroatoms. The molecule has 2 heterocycles. The Balaban J connectivity index is 2.22. The first-order valence-corrected chi connectivity index (χ1v) is 8.48. The molecule has 2 aliphatic rings. The van der Waals surface area contributed by atoms with Gasteiger partial charge in [0.15, 0.2) is 5.17 Å². The predicted octanol–water partition coefficient (Wildman–Crippen LogP) is 3.16. The maximum Gasteiger partial charge on any atom is 0.338 e. The maximum atomic E-state index is 12.5. The Kier molecular flexibility index (Phi) is 4.46. The van der Waals surface area contributed by atoms with E-state index in [0.717, 1.165) is 0 Å². The van der Waals surface area contributed by atoms with Crippen molar-refractivity contribution in [1.29, 1.82) is 0 Å². The molecule has 3 rings (SSSR count). The van der Waals surface area contributed by atoms with Gasteiger partial charge in [0, 0.05) is 17.2 Å². The number of nitrogens with zero attached hydrogens (tertiary/aromatic N) is 2. The lowest BCUT2D eigenvalue weighted by Crippen LogP contribution is -2.45. The number of esters is 1. The zero-order valence-corrected chi connectivity index (χ0v) is 14.3. The zero-order valence-electron chi connectivity index (χ0n) is 12.7. The van der Waals surface area contributed by atoms with E-state index in [4.69, 9.17) is 16.3 Å². The number of amidine groups is 1. The highest BCUT2D eigenvalue weighted by atomic mass is 35.5. The SMILES string of the molecule is COC(=O)C1=C(C)N=C2SCCC(=O)N2C1c1ccccc1Cl. The molecule has 0 radical (unpaired) electrons. The average Bonchev–Trinajstić information content (AvgIpc) is 2.54. The van der Waals surface area contributed by atoms with Gasteiger partial charge in [-0.05, 0) is 18.6 Å². The number of rotatable bonds is 2. The van der Waals surface area contributed by atoms with Crippen molar-refractivity contribution in [2.75, 3.05) is 12.9 Å². The Bertz CT molecular complexity index is 745. The Hall–Kier alpha value is -1.79. The third kappa shape index (κ3) is 2.77. The Morgan fingerprint density at radius 2 is 2.17 bits per heavy atom. The Morgan fingerprint density at radius 1 is 1.43 bits per heavy atom. The van der Waals surface area contributed by atoms with E-state index in [2.05, 4.69) is 4.99 Å². The van der Waals surface area contributed by atoms with Crippen LogP contribution in [0.2, 0.25) is 5.02 Å². The first-order chi connectivity index (χ1) is 11.0. The standard InChI is InChI=1S/C16H15ClN2O3S/c1-9-13(15(21)22-2)14(10-5-3-4-6-11(10)17)19-12(20)7-8-23-16(19)18-9/h3-6,14H,7-8H2,1-2H3. The van der Waals surface area contributed by atoms with Crippen molar-refractivity contribution in [2.45, 2.75) is 19.4 Å². The zero-order chi connectivity index (χ0) is 16.6. The summed E-state index contributed by atoms with van der Waals surface area (Å²) in [7, 11) is 1.32. The number of amides is 1. The highest BCUT2D eigenvalue weighted by molar-refractivity contribution is 8.14. The largest absolute Gasteiger partial charge is 0.466 e. The van der Waals surface area contributed by atoms with E-state index in [0.29, 0.717) is 39.2 Å². The molecule has 0 saturated carbocycles. The number of carbonyl (C=O) groups excluding carboxylic acids is 2. The second-order valence-electron chi connectivity index (χ2n) is 5.17. The van der Waals surface area contributed by atoms with Crippen molar-refractivity contribution >= 4 is 40.4 Å². The third-order valence-electron chi connectivity index (χ3n) is 3.81. The second-order valence-corrected chi connectivity index (χ2v) is 6.64. The fourth-order valence-corrected chi connectivity index (χ4v) is 4.00. The normalized spacial score (nSPS) is 21.0. The van der Waals surface area contributed by atoms with E-state index in [9.17, 15) is 9.59 Å². The second kappa shape index (κ2) is 6.37. The summed E-state index contributed by atoms with van der Waals surface area (Å²) in [6.45, 7) is 1.75. The Morgan fingerprint density at radius 3 is 2.87 bits per heavy atom. The number of ether oxygens (including phenoxy) is 1. The first kappa shape index (κ1) is 16.1. The van der Waals surface area contributed by atoms with E-state index in [1.165, 1.54) is 18.9 Å². The molecule has 1 atom stereocenters. The molecule has 23 heavy (non-hydrogen) atoms. The van der Waals surface area contributed by atoms with Crippen molar-refractivity contribution in [2.24, 2.45) is 4.99 Å². The fraction of sp³-hybridized carbons (Fsp3) is 0.312. The van der Waals surface area contributed by atoms with Crippen LogP contribution in [-0.2, 0) is 14.3 Å². The smallest absolute Gasteiger partial charge is 0.338 e. The molecule has 1 unspecified atom stereocenters. The monoisotopic (exact) mass is 350 g/mol. The minimum atomic E-state index is -0.607. The topological polar surface area (TPSA) is 59.0 Å². The summed E-state index contributed by atoms with van der Waals surface area (Å²) in [5.74, 6) is 0.115. The lowest BCUT2D eigenvalue weighted by molar-refractivity contribution is -0.137. The number of benzene rings is 1. The van der Waals surface area contributed by atoms with Crippen LogP contribution in [0.4, 0.5) is 0 Å². The lowest BCUT2D eigenvalue weighted by Gasteiger charge is -2.39. The molecule has 0 aromatic heterocycles. The van der Waals surface area contributed by atoms with E-state index in [1.54, 1.807) is 17.9 Å². The van der Waals surface area contributed by atoms with Gasteiger partial charge in [-0.25, -0.2) is 9.79 Å². The number of carbonyl (C=O) groups is 2. The molecular weight excluding hydrogens is 336 g/mol. The van der Waals surface area contributed by atoms with Gasteiger partial charge >= 0.3 is 5.97 Å². The van der Waals surface area contributed by atoms with Crippen molar-refractivity contribution in [3.63, 3.8) is 0 Å². The summed E-state index contributed by atoms with van der Waals surface area (Å²) >= 11 is 7.84. The van der Waals surface area contributed by atoms with Crippen LogP contribution in [0.25, 0.3) is 0 Å². The van der Waals surface area contributed by atoms with Crippen LogP contribution in [0.1, 0.15) is 24.9 Å². The van der Waals surface area contributed by atoms with Gasteiger partial charge in [-0.2, -0.15) is 0 Å². The molecule has 2 aliphatic heterocycles. The van der Waals surface area contributed by atoms with Gasteiger partial charge in [0.25, 0.3) is 0 Å². The van der Waals surface area contributed by atoms with Gasteiger partial charge in [0.2, 0.25) is 5.91 Å². The number of halogens is 1. The van der Waals surface area contributed by atoms with Gasteiger partial charge in [-0.15, -0.1) is 0 Å². The molecule has 1 aromatic carbocycles. The summed E-state index contributed by atoms with van der Waals surface area (Å²) in [4.78, 5) is 30.8. The molecule has 0 bridgehead atoms. The van der Waals surface area contributed by atoms with Crippen LogP contribution >= 0.6 is 23.4 Å². The lowest BCUT2D eigenvalue weighted by atomic mass is 9.94. The van der Waals surface area contributed by atoms with Crippen LogP contribution < -0.4 is 0 Å². The number of hydrogen-bond donors (Lipinski definition) is 0. The van der Waals surface area contributed by atoms with E-state index in [-0.39, 0.29) is 5.91 Å². The van der Waals surface area contributed by atoms with Crippen molar-refractivity contribution in [3.8, 4) is 0 Å². The quantitative estimate of drug-likeness (QED) is 0.769. The molecule has 1 amide bonds. The summed E-state index contributed by atoms with van der Waals surface area (Å²) in [6, 6.07) is 6.60. The van der Waals surface area contributed by atoms with Gasteiger partial charge < -0.3 is 4.74 Å². The molecule has 5 nitrogen and oxygen atoms in total. The van der Waals surface area contributed by atoms with Crippen molar-refractivity contribution < 1.29 is 14.3 Å². The molecule has 0 N–H and O–H groups in total. The Labute approximate surface area is 143 Å². The highest BCUT2D eigenvalue weighted by Gasteiger charge is 2.42. The van der Waals surface area contributed by atoms with E-state index >= 15 is 0 Å². The van der Waals surface area contributed by atoms with Crippen LogP contribution in [0, 0.1) is 0 Å². The molecule has 0 spiro atoms. The molecule has 1 fully saturated rings. The molecule has 120 valence electrons. The van der Waals surface area contributed by atoms with Gasteiger partial charge in [-0.1, -0.05) is 41.6 Å². The number of hydrogen-bond acceptors (Lipinski definition) is 5. The minimum absolute atomic E-state index is 0.0682. The molecule has 1 aromatic rings. The molecular formula is C16H15ClN2O3S. The van der Waals surface area contributed by atoms with Gasteiger partial charge in [-0.3, -0.25) is 9.69 Å². The number of allylic oxidation sites excluding steroid dienone is 1. The number of thioether (sulfide) groups is 1. The fourth-order valence-electron chi connectivity index (χ4n) is 2.76. The van der Waals surface area contributed by atoms with E-state index < -0.39 is 12.0 Å². The average molecular weight is 351 g/mol. The molecule has 1 saturated heterocycles. The summed E-state index contributed by atoms with van der Waals surface area (Å²) in [6.07, 6.45) is 0.401.